The normalized spacial score (nSPS) is 12.3. The van der Waals surface area contributed by atoms with Gasteiger partial charge in [-0.3, -0.25) is 14.7 Å². The highest BCUT2D eigenvalue weighted by Crippen LogP contribution is 2.35. The summed E-state index contributed by atoms with van der Waals surface area (Å²) in [5.41, 5.74) is 1.57. The predicted octanol–water partition coefficient (Wildman–Crippen LogP) is 4.79. The molecule has 0 bridgehead atoms. The molecule has 1 heterocycles. The molecule has 33 heavy (non-hydrogen) atoms. The highest BCUT2D eigenvalue weighted by Gasteiger charge is 2.33. The molecule has 0 aliphatic carbocycles. The van der Waals surface area contributed by atoms with E-state index in [1.54, 1.807) is 24.4 Å². The Kier molecular flexibility index (Phi) is 7.20. The van der Waals surface area contributed by atoms with Gasteiger partial charge in [0.05, 0.1) is 16.8 Å². The first kappa shape index (κ1) is 24.0. The van der Waals surface area contributed by atoms with E-state index in [4.69, 9.17) is 4.74 Å². The summed E-state index contributed by atoms with van der Waals surface area (Å²) >= 11 is 0. The Morgan fingerprint density at radius 1 is 1.18 bits per heavy atom. The number of aromatic amines is 1. The number of carbonyl (C=O) groups excluding carboxylic acids is 2. The first-order valence-electron chi connectivity index (χ1n) is 10.3. The van der Waals surface area contributed by atoms with Gasteiger partial charge in [0.25, 0.3) is 5.91 Å². The average molecular weight is 459 g/mol. The summed E-state index contributed by atoms with van der Waals surface area (Å²) in [7, 11) is 1.45. The van der Waals surface area contributed by atoms with E-state index in [-0.39, 0.29) is 41.6 Å². The Labute approximate surface area is 189 Å². The summed E-state index contributed by atoms with van der Waals surface area (Å²) in [5.74, 6) is -0.696. The molecule has 2 aromatic carbocycles. The Bertz CT molecular complexity index is 1160. The second kappa shape index (κ2) is 9.89. The highest BCUT2D eigenvalue weighted by molar-refractivity contribution is 5.97. The van der Waals surface area contributed by atoms with Crippen LogP contribution in [0.5, 0.6) is 5.75 Å². The lowest BCUT2D eigenvalue weighted by Crippen LogP contribution is -2.20. The topological polar surface area (TPSA) is 84.1 Å². The molecule has 1 unspecified atom stereocenters. The fourth-order valence-corrected chi connectivity index (χ4v) is 3.70. The summed E-state index contributed by atoms with van der Waals surface area (Å²) < 4.78 is 45.5. The molecule has 0 aliphatic rings. The van der Waals surface area contributed by atoms with Gasteiger partial charge in [-0.1, -0.05) is 24.3 Å². The number of rotatable bonds is 8. The van der Waals surface area contributed by atoms with Crippen molar-refractivity contribution in [2.45, 2.75) is 39.0 Å². The van der Waals surface area contributed by atoms with Crippen LogP contribution in [-0.4, -0.2) is 28.9 Å². The van der Waals surface area contributed by atoms with E-state index in [0.29, 0.717) is 5.56 Å². The number of aryl methyl sites for hydroxylation is 1. The van der Waals surface area contributed by atoms with E-state index < -0.39 is 17.6 Å². The second-order valence-corrected chi connectivity index (χ2v) is 7.66. The number of amides is 1. The fourth-order valence-electron chi connectivity index (χ4n) is 3.70. The number of ketones is 1. The molecule has 0 saturated carbocycles. The van der Waals surface area contributed by atoms with Crippen molar-refractivity contribution < 1.29 is 27.5 Å². The van der Waals surface area contributed by atoms with Gasteiger partial charge in [-0.2, -0.15) is 18.3 Å². The maximum Gasteiger partial charge on any atom is 0.416 e. The fraction of sp³-hybridized carbons (Fsp3) is 0.292. The molecule has 3 rings (SSSR count). The lowest BCUT2D eigenvalue weighted by Gasteiger charge is -2.19. The van der Waals surface area contributed by atoms with E-state index >= 15 is 0 Å². The van der Waals surface area contributed by atoms with E-state index in [1.165, 1.54) is 32.2 Å². The van der Waals surface area contributed by atoms with Gasteiger partial charge >= 0.3 is 6.18 Å². The molecule has 174 valence electrons. The van der Waals surface area contributed by atoms with Gasteiger partial charge in [0.2, 0.25) is 0 Å². The Hall–Kier alpha value is -3.62. The van der Waals surface area contributed by atoms with Crippen LogP contribution >= 0.6 is 0 Å². The maximum atomic E-state index is 13.3. The van der Waals surface area contributed by atoms with Gasteiger partial charge in [-0.05, 0) is 37.6 Å². The molecule has 0 aliphatic heterocycles. The van der Waals surface area contributed by atoms with Gasteiger partial charge in [0.15, 0.2) is 0 Å². The molecule has 0 fully saturated rings. The Balaban J connectivity index is 1.97. The van der Waals surface area contributed by atoms with Crippen LogP contribution < -0.4 is 10.1 Å². The van der Waals surface area contributed by atoms with Crippen LogP contribution in [0.3, 0.4) is 0 Å². The second-order valence-electron chi connectivity index (χ2n) is 7.66. The number of ether oxygens (including phenoxy) is 1. The van der Waals surface area contributed by atoms with Gasteiger partial charge in [0.1, 0.15) is 18.1 Å². The number of hydrogen-bond donors (Lipinski definition) is 2. The monoisotopic (exact) mass is 459 g/mol. The SMILES string of the molecule is CNC(=O)c1cc(C(CC(C)=O)c2c[nH]nc2C)ccc1OCc1ccccc1C(F)(F)F. The van der Waals surface area contributed by atoms with Crippen LogP contribution in [0.1, 0.15) is 57.6 Å². The van der Waals surface area contributed by atoms with E-state index in [2.05, 4.69) is 15.5 Å². The van der Waals surface area contributed by atoms with Crippen molar-refractivity contribution in [1.82, 2.24) is 15.5 Å². The largest absolute Gasteiger partial charge is 0.488 e. The zero-order chi connectivity index (χ0) is 24.2. The van der Waals surface area contributed by atoms with E-state index in [0.717, 1.165) is 17.3 Å². The van der Waals surface area contributed by atoms with Crippen LogP contribution in [0.4, 0.5) is 13.2 Å². The van der Waals surface area contributed by atoms with Gasteiger partial charge < -0.3 is 10.1 Å². The summed E-state index contributed by atoms with van der Waals surface area (Å²) in [5, 5.41) is 9.42. The molecule has 1 aromatic heterocycles. The lowest BCUT2D eigenvalue weighted by atomic mass is 9.86. The summed E-state index contributed by atoms with van der Waals surface area (Å²) in [4.78, 5) is 24.5. The van der Waals surface area contributed by atoms with E-state index in [1.807, 2.05) is 6.92 Å². The minimum Gasteiger partial charge on any atom is -0.488 e. The van der Waals surface area contributed by atoms with Crippen molar-refractivity contribution in [2.24, 2.45) is 0 Å². The van der Waals surface area contributed by atoms with Crippen LogP contribution in [0, 0.1) is 6.92 Å². The van der Waals surface area contributed by atoms with Crippen LogP contribution in [0.15, 0.2) is 48.7 Å². The van der Waals surface area contributed by atoms with Crippen molar-refractivity contribution in [3.05, 3.63) is 82.2 Å². The molecular weight excluding hydrogens is 435 g/mol. The van der Waals surface area contributed by atoms with Crippen LogP contribution in [0.25, 0.3) is 0 Å². The van der Waals surface area contributed by atoms with E-state index in [9.17, 15) is 22.8 Å². The molecule has 3 aromatic rings. The number of carbonyl (C=O) groups is 2. The standard InChI is InChI=1S/C24H24F3N3O3/c1-14(31)10-18(20-12-29-30-15(20)2)16-8-9-22(19(11-16)23(32)28-3)33-13-17-6-4-5-7-21(17)24(25,26)27/h4-9,11-12,18H,10,13H2,1-3H3,(H,28,32)(H,29,30). The van der Waals surface area contributed by atoms with Gasteiger partial charge in [-0.15, -0.1) is 0 Å². The Morgan fingerprint density at radius 3 is 2.52 bits per heavy atom. The van der Waals surface area contributed by atoms with Crippen molar-refractivity contribution >= 4 is 11.7 Å². The smallest absolute Gasteiger partial charge is 0.416 e. The molecule has 0 saturated heterocycles. The minimum atomic E-state index is -4.52. The maximum absolute atomic E-state index is 13.3. The zero-order valence-corrected chi connectivity index (χ0v) is 18.4. The predicted molar refractivity (Wildman–Crippen MR) is 116 cm³/mol. The third-order valence-electron chi connectivity index (χ3n) is 5.32. The molecule has 6 nitrogen and oxygen atoms in total. The van der Waals surface area contributed by atoms with Crippen molar-refractivity contribution in [1.29, 1.82) is 0 Å². The first-order valence-corrected chi connectivity index (χ1v) is 10.3. The number of nitrogens with zero attached hydrogens (tertiary/aromatic N) is 1. The third-order valence-corrected chi connectivity index (χ3v) is 5.32. The average Bonchev–Trinajstić information content (AvgIpc) is 3.20. The van der Waals surface area contributed by atoms with Crippen molar-refractivity contribution in [2.75, 3.05) is 7.05 Å². The van der Waals surface area contributed by atoms with Gasteiger partial charge in [0, 0.05) is 36.7 Å². The Morgan fingerprint density at radius 2 is 1.91 bits per heavy atom. The molecule has 2 N–H and O–H groups in total. The quantitative estimate of drug-likeness (QED) is 0.508. The number of alkyl halides is 3. The van der Waals surface area contributed by atoms with Gasteiger partial charge in [-0.25, -0.2) is 0 Å². The molecule has 0 radical (unpaired) electrons. The summed E-state index contributed by atoms with van der Waals surface area (Å²) in [6.07, 6.45) is -2.61. The molecule has 1 atom stereocenters. The van der Waals surface area contributed by atoms with Crippen molar-refractivity contribution in [3.63, 3.8) is 0 Å². The number of nitrogens with one attached hydrogen (secondary N) is 2. The number of H-pyrrole nitrogens is 1. The summed E-state index contributed by atoms with van der Waals surface area (Å²) in [6.45, 7) is 2.93. The molecule has 9 heteroatoms. The molecule has 1 amide bonds. The third kappa shape index (κ3) is 5.60. The molecular formula is C24H24F3N3O3. The lowest BCUT2D eigenvalue weighted by molar-refractivity contribution is -0.138. The van der Waals surface area contributed by atoms with Crippen molar-refractivity contribution in [3.8, 4) is 5.75 Å². The minimum absolute atomic E-state index is 0.0359. The zero-order valence-electron chi connectivity index (χ0n) is 18.4. The van der Waals surface area contributed by atoms with Crippen LogP contribution in [0.2, 0.25) is 0 Å². The highest BCUT2D eigenvalue weighted by atomic mass is 19.4. The number of aromatic nitrogens is 2. The molecule has 0 spiro atoms. The number of halogens is 3. The summed E-state index contributed by atoms with van der Waals surface area (Å²) in [6, 6.07) is 9.97. The first-order chi connectivity index (χ1) is 15.6. The number of hydrogen-bond acceptors (Lipinski definition) is 4. The number of Topliss-reactive ketones (excluding diaryl/α,β-unsaturated/α-hetero) is 1. The number of benzene rings is 2. The van der Waals surface area contributed by atoms with Crippen LogP contribution in [-0.2, 0) is 17.6 Å².